The van der Waals surface area contributed by atoms with Gasteiger partial charge in [0, 0.05) is 5.02 Å². The van der Waals surface area contributed by atoms with E-state index in [1.165, 1.54) is 0 Å². The Kier molecular flexibility index (Phi) is 3.12. The molecular formula is C9H9ClN2. The van der Waals surface area contributed by atoms with Crippen LogP contribution in [-0.4, -0.2) is 0 Å². The Balaban J connectivity index is 2.89. The molecule has 1 rings (SSSR count). The molecule has 0 bridgehead atoms. The van der Waals surface area contributed by atoms with Crippen molar-refractivity contribution in [1.82, 2.24) is 5.43 Å². The van der Waals surface area contributed by atoms with Gasteiger partial charge in [-0.25, -0.2) is 5.43 Å². The lowest BCUT2D eigenvalue weighted by atomic mass is 10.1. The summed E-state index contributed by atoms with van der Waals surface area (Å²) in [6, 6.07) is 6.98. The van der Waals surface area contributed by atoms with Gasteiger partial charge in [-0.15, -0.1) is 6.42 Å². The first-order valence-electron chi connectivity index (χ1n) is 3.45. The van der Waals surface area contributed by atoms with E-state index >= 15 is 0 Å². The first-order chi connectivity index (χ1) is 5.77. The molecule has 0 radical (unpaired) electrons. The van der Waals surface area contributed by atoms with Gasteiger partial charge in [0.1, 0.15) is 6.04 Å². The number of hydrogen-bond donors (Lipinski definition) is 2. The van der Waals surface area contributed by atoms with Gasteiger partial charge < -0.3 is 0 Å². The number of hydrazine groups is 1. The van der Waals surface area contributed by atoms with Gasteiger partial charge in [-0.3, -0.25) is 5.84 Å². The summed E-state index contributed by atoms with van der Waals surface area (Å²) in [5.41, 5.74) is 3.44. The van der Waals surface area contributed by atoms with Gasteiger partial charge in [0.2, 0.25) is 0 Å². The molecule has 0 amide bonds. The van der Waals surface area contributed by atoms with Crippen LogP contribution in [0.1, 0.15) is 11.6 Å². The topological polar surface area (TPSA) is 38.0 Å². The molecule has 0 saturated carbocycles. The van der Waals surface area contributed by atoms with E-state index in [1.807, 2.05) is 12.1 Å². The largest absolute Gasteiger partial charge is 0.270 e. The second-order valence-electron chi connectivity index (χ2n) is 2.32. The van der Waals surface area contributed by atoms with E-state index in [9.17, 15) is 0 Å². The summed E-state index contributed by atoms with van der Waals surface area (Å²) in [5.74, 6) is 7.74. The van der Waals surface area contributed by atoms with Crippen molar-refractivity contribution in [1.29, 1.82) is 0 Å². The molecule has 3 N–H and O–H groups in total. The Morgan fingerprint density at radius 1 is 1.42 bits per heavy atom. The third-order valence-corrected chi connectivity index (χ3v) is 1.79. The lowest BCUT2D eigenvalue weighted by Gasteiger charge is -2.08. The molecule has 1 aromatic rings. The number of nitrogens with one attached hydrogen (secondary N) is 1. The Morgan fingerprint density at radius 3 is 2.42 bits per heavy atom. The summed E-state index contributed by atoms with van der Waals surface area (Å²) in [6.45, 7) is 0. The Hall–Kier alpha value is -1.01. The maximum absolute atomic E-state index is 5.70. The monoisotopic (exact) mass is 180 g/mol. The molecule has 1 unspecified atom stereocenters. The van der Waals surface area contributed by atoms with Crippen LogP contribution in [0.25, 0.3) is 0 Å². The predicted octanol–water partition coefficient (Wildman–Crippen LogP) is 1.48. The Morgan fingerprint density at radius 2 is 2.00 bits per heavy atom. The van der Waals surface area contributed by atoms with E-state index in [-0.39, 0.29) is 6.04 Å². The normalized spacial score (nSPS) is 12.1. The van der Waals surface area contributed by atoms with Gasteiger partial charge in [-0.1, -0.05) is 29.7 Å². The standard InChI is InChI=1S/C9H9ClN2/c1-2-9(12-11)7-3-5-8(10)6-4-7/h1,3-6,9,12H,11H2. The van der Waals surface area contributed by atoms with Crippen LogP contribution in [0.3, 0.4) is 0 Å². The van der Waals surface area contributed by atoms with Crippen molar-refractivity contribution in [3.05, 3.63) is 34.9 Å². The van der Waals surface area contributed by atoms with Crippen molar-refractivity contribution in [3.8, 4) is 12.3 Å². The van der Waals surface area contributed by atoms with Crippen LogP contribution in [0, 0.1) is 12.3 Å². The highest BCUT2D eigenvalue weighted by Gasteiger charge is 2.03. The van der Waals surface area contributed by atoms with Crippen LogP contribution < -0.4 is 11.3 Å². The third kappa shape index (κ3) is 1.99. The van der Waals surface area contributed by atoms with Gasteiger partial charge in [0.05, 0.1) is 0 Å². The van der Waals surface area contributed by atoms with Gasteiger partial charge in [0.15, 0.2) is 0 Å². The van der Waals surface area contributed by atoms with E-state index in [2.05, 4.69) is 11.3 Å². The zero-order valence-corrected chi connectivity index (χ0v) is 7.18. The first-order valence-corrected chi connectivity index (χ1v) is 3.83. The quantitative estimate of drug-likeness (QED) is 0.411. The SMILES string of the molecule is C#CC(NN)c1ccc(Cl)cc1. The molecular weight excluding hydrogens is 172 g/mol. The summed E-state index contributed by atoms with van der Waals surface area (Å²) in [5, 5.41) is 0.687. The Bertz CT molecular complexity index is 286. The van der Waals surface area contributed by atoms with Crippen LogP contribution in [0.15, 0.2) is 24.3 Å². The van der Waals surface area contributed by atoms with Crippen LogP contribution >= 0.6 is 11.6 Å². The minimum atomic E-state index is -0.248. The maximum atomic E-state index is 5.70. The van der Waals surface area contributed by atoms with Crippen LogP contribution in [-0.2, 0) is 0 Å². The smallest absolute Gasteiger partial charge is 0.106 e. The second-order valence-corrected chi connectivity index (χ2v) is 2.75. The molecule has 0 aromatic heterocycles. The molecule has 3 heteroatoms. The summed E-state index contributed by atoms with van der Waals surface area (Å²) >= 11 is 5.70. The average molecular weight is 181 g/mol. The number of hydrogen-bond acceptors (Lipinski definition) is 2. The lowest BCUT2D eigenvalue weighted by Crippen LogP contribution is -2.26. The van der Waals surface area contributed by atoms with Gasteiger partial charge in [-0.05, 0) is 17.7 Å². The summed E-state index contributed by atoms with van der Waals surface area (Å²) in [6.07, 6.45) is 5.23. The maximum Gasteiger partial charge on any atom is 0.106 e. The molecule has 1 atom stereocenters. The lowest BCUT2D eigenvalue weighted by molar-refractivity contribution is 0.674. The number of terminal acetylenes is 1. The molecule has 0 aliphatic carbocycles. The number of halogens is 1. The highest BCUT2D eigenvalue weighted by molar-refractivity contribution is 6.30. The van der Waals surface area contributed by atoms with Crippen molar-refractivity contribution in [3.63, 3.8) is 0 Å². The summed E-state index contributed by atoms with van der Waals surface area (Å²) < 4.78 is 0. The second kappa shape index (κ2) is 4.13. The van der Waals surface area contributed by atoms with Crippen LogP contribution in [0.2, 0.25) is 5.02 Å². The Labute approximate surface area is 76.7 Å². The number of benzene rings is 1. The first kappa shape index (κ1) is 9.08. The fraction of sp³-hybridized carbons (Fsp3) is 0.111. The minimum absolute atomic E-state index is 0.248. The van der Waals surface area contributed by atoms with Crippen LogP contribution in [0.4, 0.5) is 0 Å². The predicted molar refractivity (Wildman–Crippen MR) is 50.3 cm³/mol. The molecule has 2 nitrogen and oxygen atoms in total. The molecule has 62 valence electrons. The van der Waals surface area contributed by atoms with Crippen molar-refractivity contribution >= 4 is 11.6 Å². The van der Waals surface area contributed by atoms with Gasteiger partial charge in [0.25, 0.3) is 0 Å². The fourth-order valence-corrected chi connectivity index (χ4v) is 1.02. The van der Waals surface area contributed by atoms with E-state index in [0.717, 1.165) is 5.56 Å². The third-order valence-electron chi connectivity index (χ3n) is 1.54. The van der Waals surface area contributed by atoms with Crippen molar-refractivity contribution in [2.24, 2.45) is 5.84 Å². The zero-order chi connectivity index (χ0) is 8.97. The fourth-order valence-electron chi connectivity index (χ4n) is 0.896. The molecule has 0 aliphatic heterocycles. The molecule has 0 aliphatic rings. The molecule has 1 aromatic carbocycles. The minimum Gasteiger partial charge on any atom is -0.270 e. The van der Waals surface area contributed by atoms with Gasteiger partial charge in [-0.2, -0.15) is 0 Å². The molecule has 0 fully saturated rings. The zero-order valence-electron chi connectivity index (χ0n) is 6.42. The van der Waals surface area contributed by atoms with Crippen molar-refractivity contribution < 1.29 is 0 Å². The van der Waals surface area contributed by atoms with E-state index in [1.54, 1.807) is 12.1 Å². The van der Waals surface area contributed by atoms with Gasteiger partial charge >= 0.3 is 0 Å². The number of nitrogens with two attached hydrogens (primary N) is 1. The van der Waals surface area contributed by atoms with Crippen molar-refractivity contribution in [2.45, 2.75) is 6.04 Å². The summed E-state index contributed by atoms with van der Waals surface area (Å²) in [7, 11) is 0. The highest BCUT2D eigenvalue weighted by Crippen LogP contribution is 2.14. The van der Waals surface area contributed by atoms with E-state index < -0.39 is 0 Å². The molecule has 0 spiro atoms. The molecule has 0 saturated heterocycles. The van der Waals surface area contributed by atoms with Crippen molar-refractivity contribution in [2.75, 3.05) is 0 Å². The van der Waals surface area contributed by atoms with E-state index in [0.29, 0.717) is 5.02 Å². The van der Waals surface area contributed by atoms with E-state index in [4.69, 9.17) is 23.9 Å². The van der Waals surface area contributed by atoms with Crippen LogP contribution in [0.5, 0.6) is 0 Å². The average Bonchev–Trinajstić information content (AvgIpc) is 2.10. The number of rotatable bonds is 2. The summed E-state index contributed by atoms with van der Waals surface area (Å²) in [4.78, 5) is 0. The molecule has 0 heterocycles. The molecule has 12 heavy (non-hydrogen) atoms. The highest BCUT2D eigenvalue weighted by atomic mass is 35.5.